The van der Waals surface area contributed by atoms with Gasteiger partial charge in [0.2, 0.25) is 0 Å². The van der Waals surface area contributed by atoms with E-state index >= 15 is 0 Å². The van der Waals surface area contributed by atoms with E-state index in [1.165, 1.54) is 67.0 Å². The molecule has 3 heteroatoms. The third kappa shape index (κ3) is 5.59. The van der Waals surface area contributed by atoms with Crippen LogP contribution in [0.5, 0.6) is 0 Å². The molecule has 0 fully saturated rings. The number of nitrogens with zero attached hydrogens (tertiary/aromatic N) is 3. The normalized spacial score (nSPS) is 12.9. The fourth-order valence-electron chi connectivity index (χ4n) is 10.00. The van der Waals surface area contributed by atoms with Gasteiger partial charge in [0.15, 0.2) is 5.82 Å². The molecular formula is C59H39N3. The van der Waals surface area contributed by atoms with Crippen LogP contribution in [0.4, 0.5) is 17.1 Å². The third-order valence-corrected chi connectivity index (χ3v) is 12.7. The van der Waals surface area contributed by atoms with Crippen molar-refractivity contribution in [3.63, 3.8) is 0 Å². The average Bonchev–Trinajstić information content (AvgIpc) is 3.65. The Bertz CT molecular complexity index is 3160. The van der Waals surface area contributed by atoms with Gasteiger partial charge in [0.1, 0.15) is 0 Å². The van der Waals surface area contributed by atoms with Crippen LogP contribution in [0.1, 0.15) is 22.3 Å². The molecule has 1 aliphatic carbocycles. The van der Waals surface area contributed by atoms with Gasteiger partial charge in [-0.3, -0.25) is 0 Å². The lowest BCUT2D eigenvalue weighted by Gasteiger charge is -2.45. The summed E-state index contributed by atoms with van der Waals surface area (Å²) in [6.45, 7) is 0. The summed E-state index contributed by atoms with van der Waals surface area (Å²) in [5.74, 6) is 0.701. The van der Waals surface area contributed by atoms with Gasteiger partial charge in [-0.25, -0.2) is 9.97 Å². The zero-order valence-corrected chi connectivity index (χ0v) is 33.9. The molecular weight excluding hydrogens is 751 g/mol. The minimum Gasteiger partial charge on any atom is -0.310 e. The first-order valence-electron chi connectivity index (χ1n) is 21.2. The predicted octanol–water partition coefficient (Wildman–Crippen LogP) is 15.0. The number of hydrogen-bond donors (Lipinski definition) is 0. The summed E-state index contributed by atoms with van der Waals surface area (Å²) in [5.41, 5.74) is 19.9. The summed E-state index contributed by atoms with van der Waals surface area (Å²) >= 11 is 0. The summed E-state index contributed by atoms with van der Waals surface area (Å²) in [5, 5.41) is 0. The lowest BCUT2D eigenvalue weighted by atomic mass is 9.64. The van der Waals surface area contributed by atoms with Crippen LogP contribution in [0.15, 0.2) is 237 Å². The molecule has 0 saturated heterocycles. The molecule has 2 heterocycles. The van der Waals surface area contributed by atoms with Crippen molar-refractivity contribution in [1.82, 2.24) is 9.97 Å². The van der Waals surface area contributed by atoms with Gasteiger partial charge in [-0.15, -0.1) is 0 Å². The van der Waals surface area contributed by atoms with Gasteiger partial charge in [0.05, 0.1) is 28.2 Å². The van der Waals surface area contributed by atoms with Crippen molar-refractivity contribution in [2.24, 2.45) is 0 Å². The van der Waals surface area contributed by atoms with E-state index in [1.54, 1.807) is 0 Å². The highest BCUT2D eigenvalue weighted by atomic mass is 15.2. The van der Waals surface area contributed by atoms with E-state index in [2.05, 4.69) is 235 Å². The van der Waals surface area contributed by atoms with Crippen molar-refractivity contribution < 1.29 is 0 Å². The van der Waals surface area contributed by atoms with Crippen LogP contribution in [0.3, 0.4) is 0 Å². The second kappa shape index (κ2) is 14.5. The molecule has 0 N–H and O–H groups in total. The van der Waals surface area contributed by atoms with Crippen molar-refractivity contribution in [1.29, 1.82) is 0 Å². The lowest BCUT2D eigenvalue weighted by molar-refractivity contribution is 0.753. The van der Waals surface area contributed by atoms with E-state index in [0.717, 1.165) is 33.8 Å². The molecule has 290 valence electrons. The van der Waals surface area contributed by atoms with Crippen LogP contribution in [0, 0.1) is 0 Å². The standard InChI is InChI=1S/C59H39N3/c1-5-18-40(19-6-1)41-32-34-42(35-33-41)45-36-37-49-48(38-45)57-47(54-39-53(43-20-7-2-8-21-43)60-58(61-54)44-22-9-3-10-23-44)26-17-29-52(57)59(49)50-27-13-15-30-55(50)62(46-24-11-4-12-25-46)56-31-16-14-28-51(56)59/h1-39H. The summed E-state index contributed by atoms with van der Waals surface area (Å²) in [7, 11) is 0. The van der Waals surface area contributed by atoms with Gasteiger partial charge in [-0.05, 0) is 92.0 Å². The minimum atomic E-state index is -0.619. The quantitative estimate of drug-likeness (QED) is 0.168. The van der Waals surface area contributed by atoms with Crippen LogP contribution in [-0.4, -0.2) is 9.97 Å². The molecule has 12 rings (SSSR count). The Morgan fingerprint density at radius 2 is 0.790 bits per heavy atom. The Balaban J connectivity index is 1.15. The highest BCUT2D eigenvalue weighted by Crippen LogP contribution is 2.64. The van der Waals surface area contributed by atoms with Crippen molar-refractivity contribution in [3.8, 4) is 67.3 Å². The average molecular weight is 790 g/mol. The topological polar surface area (TPSA) is 29.0 Å². The third-order valence-electron chi connectivity index (χ3n) is 12.7. The van der Waals surface area contributed by atoms with Gasteiger partial charge in [0.25, 0.3) is 0 Å². The molecule has 0 radical (unpaired) electrons. The van der Waals surface area contributed by atoms with E-state index in [9.17, 15) is 0 Å². The second-order valence-electron chi connectivity index (χ2n) is 16.1. The summed E-state index contributed by atoms with van der Waals surface area (Å²) in [6, 6.07) is 85.3. The first-order valence-corrected chi connectivity index (χ1v) is 21.2. The van der Waals surface area contributed by atoms with E-state index in [-0.39, 0.29) is 0 Å². The first kappa shape index (κ1) is 35.8. The molecule has 0 saturated carbocycles. The van der Waals surface area contributed by atoms with Gasteiger partial charge < -0.3 is 4.90 Å². The molecule has 0 bridgehead atoms. The van der Waals surface area contributed by atoms with Gasteiger partial charge in [-0.1, -0.05) is 200 Å². The predicted molar refractivity (Wildman–Crippen MR) is 255 cm³/mol. The fraction of sp³-hybridized carbons (Fsp3) is 0.0169. The Hall–Kier alpha value is -8.14. The number of aromatic nitrogens is 2. The molecule has 0 atom stereocenters. The molecule has 9 aromatic carbocycles. The Labute approximate surface area is 361 Å². The molecule has 10 aromatic rings. The van der Waals surface area contributed by atoms with Crippen molar-refractivity contribution in [2.75, 3.05) is 4.90 Å². The lowest BCUT2D eigenvalue weighted by Crippen LogP contribution is -2.36. The maximum atomic E-state index is 5.42. The van der Waals surface area contributed by atoms with E-state index in [1.807, 2.05) is 6.07 Å². The summed E-state index contributed by atoms with van der Waals surface area (Å²) in [4.78, 5) is 13.0. The highest BCUT2D eigenvalue weighted by Gasteiger charge is 2.52. The fourth-order valence-corrected chi connectivity index (χ4v) is 10.00. The smallest absolute Gasteiger partial charge is 0.160 e. The van der Waals surface area contributed by atoms with Gasteiger partial charge in [0, 0.05) is 22.4 Å². The largest absolute Gasteiger partial charge is 0.310 e. The molecule has 0 unspecified atom stereocenters. The minimum absolute atomic E-state index is 0.619. The van der Waals surface area contributed by atoms with Crippen molar-refractivity contribution >= 4 is 17.1 Å². The molecule has 1 aromatic heterocycles. The zero-order valence-electron chi connectivity index (χ0n) is 33.9. The molecule has 62 heavy (non-hydrogen) atoms. The van der Waals surface area contributed by atoms with Crippen molar-refractivity contribution in [3.05, 3.63) is 259 Å². The molecule has 3 nitrogen and oxygen atoms in total. The highest BCUT2D eigenvalue weighted by molar-refractivity contribution is 6.01. The van der Waals surface area contributed by atoms with Crippen LogP contribution in [-0.2, 0) is 5.41 Å². The second-order valence-corrected chi connectivity index (χ2v) is 16.1. The number of fused-ring (bicyclic) bond motifs is 9. The molecule has 0 amide bonds. The maximum Gasteiger partial charge on any atom is 0.160 e. The Morgan fingerprint density at radius 3 is 1.44 bits per heavy atom. The monoisotopic (exact) mass is 789 g/mol. The van der Waals surface area contributed by atoms with Crippen LogP contribution < -0.4 is 4.90 Å². The SMILES string of the molecule is c1ccc(-c2ccc(-c3ccc4c(c3)-c3c(-c5cc(-c6ccccc6)nc(-c6ccccc6)n5)cccc3C43c4ccccc4N(c4ccccc4)c4ccccc43)cc2)cc1. The first-order chi connectivity index (χ1) is 30.8. The molecule has 2 aliphatic rings. The summed E-state index contributed by atoms with van der Waals surface area (Å²) < 4.78 is 0. The van der Waals surface area contributed by atoms with Gasteiger partial charge >= 0.3 is 0 Å². The number of rotatable bonds is 6. The zero-order chi connectivity index (χ0) is 41.0. The maximum absolute atomic E-state index is 5.42. The van der Waals surface area contributed by atoms with E-state index < -0.39 is 5.41 Å². The molecule has 1 aliphatic heterocycles. The Kier molecular flexibility index (Phi) is 8.39. The van der Waals surface area contributed by atoms with Crippen LogP contribution in [0.25, 0.3) is 67.3 Å². The molecule has 1 spiro atoms. The number of benzene rings is 9. The Morgan fingerprint density at radius 1 is 0.306 bits per heavy atom. The van der Waals surface area contributed by atoms with Crippen molar-refractivity contribution in [2.45, 2.75) is 5.41 Å². The van der Waals surface area contributed by atoms with Crippen LogP contribution >= 0.6 is 0 Å². The number of hydrogen-bond acceptors (Lipinski definition) is 3. The number of anilines is 3. The summed E-state index contributed by atoms with van der Waals surface area (Å²) in [6.07, 6.45) is 0. The van der Waals surface area contributed by atoms with Gasteiger partial charge in [-0.2, -0.15) is 0 Å². The number of para-hydroxylation sites is 3. The van der Waals surface area contributed by atoms with Crippen LogP contribution in [0.2, 0.25) is 0 Å². The van der Waals surface area contributed by atoms with E-state index in [4.69, 9.17) is 9.97 Å². The van der Waals surface area contributed by atoms with E-state index in [0.29, 0.717) is 5.82 Å².